The Morgan fingerprint density at radius 1 is 1.18 bits per heavy atom. The van der Waals surface area contributed by atoms with Crippen molar-refractivity contribution >= 4 is 17.5 Å². The number of hydrogen-bond donors (Lipinski definition) is 0. The maximum absolute atomic E-state index is 13.5. The molecule has 1 amide bonds. The predicted molar refractivity (Wildman–Crippen MR) is 113 cm³/mol. The van der Waals surface area contributed by atoms with E-state index in [2.05, 4.69) is 30.7 Å². The maximum atomic E-state index is 13.5. The molecule has 0 atom stereocenters. The highest BCUT2D eigenvalue weighted by Gasteiger charge is 2.27. The van der Waals surface area contributed by atoms with E-state index in [1.54, 1.807) is 23.5 Å². The van der Waals surface area contributed by atoms with Gasteiger partial charge < -0.3 is 4.90 Å². The molecule has 2 heterocycles. The standard InChI is InChI=1S/C22H25ClN4O/c1-15-13-27(18-12-24-10-11-25-18)20(21(28)26(5)14-22(2,3)4)19(15)16-6-8-17(23)9-7-16/h6-13H,14H2,1-5H3. The van der Waals surface area contributed by atoms with Crippen molar-refractivity contribution in [3.63, 3.8) is 0 Å². The average Bonchev–Trinajstić information content (AvgIpc) is 2.98. The van der Waals surface area contributed by atoms with Gasteiger partial charge in [-0.05, 0) is 35.6 Å². The molecule has 146 valence electrons. The van der Waals surface area contributed by atoms with Crippen LogP contribution < -0.4 is 0 Å². The molecule has 0 unspecified atom stereocenters. The highest BCUT2D eigenvalue weighted by Crippen LogP contribution is 2.33. The number of halogens is 1. The number of benzene rings is 1. The molecule has 0 aliphatic rings. The first-order chi connectivity index (χ1) is 13.2. The minimum Gasteiger partial charge on any atom is -0.340 e. The summed E-state index contributed by atoms with van der Waals surface area (Å²) in [6, 6.07) is 7.55. The molecule has 0 fully saturated rings. The molecule has 3 rings (SSSR count). The SMILES string of the molecule is Cc1cn(-c2cnccn2)c(C(=O)N(C)CC(C)(C)C)c1-c1ccc(Cl)cc1. The molecule has 0 saturated heterocycles. The number of carbonyl (C=O) groups excluding carboxylic acids is 1. The zero-order valence-corrected chi connectivity index (χ0v) is 17.7. The second-order valence-corrected chi connectivity index (χ2v) is 8.63. The number of carbonyl (C=O) groups is 1. The van der Waals surface area contributed by atoms with E-state index in [1.807, 2.05) is 49.0 Å². The van der Waals surface area contributed by atoms with Crippen LogP contribution >= 0.6 is 11.6 Å². The summed E-state index contributed by atoms with van der Waals surface area (Å²) in [7, 11) is 1.84. The Kier molecular flexibility index (Phi) is 5.57. The maximum Gasteiger partial charge on any atom is 0.271 e. The first-order valence-corrected chi connectivity index (χ1v) is 9.55. The van der Waals surface area contributed by atoms with Crippen LogP contribution in [0.25, 0.3) is 16.9 Å². The Labute approximate surface area is 171 Å². The lowest BCUT2D eigenvalue weighted by Gasteiger charge is -2.27. The van der Waals surface area contributed by atoms with Crippen molar-refractivity contribution in [3.8, 4) is 16.9 Å². The zero-order valence-electron chi connectivity index (χ0n) is 16.9. The Morgan fingerprint density at radius 2 is 1.86 bits per heavy atom. The number of rotatable bonds is 4. The van der Waals surface area contributed by atoms with Gasteiger partial charge in [-0.25, -0.2) is 4.98 Å². The molecule has 0 aliphatic heterocycles. The van der Waals surface area contributed by atoms with Crippen molar-refractivity contribution in [2.24, 2.45) is 5.41 Å². The number of aryl methyl sites for hydroxylation is 1. The Hall–Kier alpha value is -2.66. The monoisotopic (exact) mass is 396 g/mol. The lowest BCUT2D eigenvalue weighted by atomic mass is 9.95. The normalized spacial score (nSPS) is 11.5. The van der Waals surface area contributed by atoms with Crippen molar-refractivity contribution in [1.82, 2.24) is 19.4 Å². The number of nitrogens with zero attached hydrogens (tertiary/aromatic N) is 4. The molecular weight excluding hydrogens is 372 g/mol. The van der Waals surface area contributed by atoms with Gasteiger partial charge in [-0.3, -0.25) is 14.3 Å². The molecule has 0 bridgehead atoms. The topological polar surface area (TPSA) is 51.0 Å². The number of amides is 1. The van der Waals surface area contributed by atoms with E-state index in [0.29, 0.717) is 23.1 Å². The molecular formula is C22H25ClN4O. The van der Waals surface area contributed by atoms with E-state index in [0.717, 1.165) is 16.7 Å². The third-order valence-corrected chi connectivity index (χ3v) is 4.64. The summed E-state index contributed by atoms with van der Waals surface area (Å²) in [6.07, 6.45) is 6.84. The van der Waals surface area contributed by atoms with Gasteiger partial charge in [0, 0.05) is 42.8 Å². The first kappa shape index (κ1) is 20.1. The van der Waals surface area contributed by atoms with Gasteiger partial charge in [0.2, 0.25) is 0 Å². The van der Waals surface area contributed by atoms with E-state index in [1.165, 1.54) is 0 Å². The summed E-state index contributed by atoms with van der Waals surface area (Å²) in [5.41, 5.74) is 3.38. The number of hydrogen-bond acceptors (Lipinski definition) is 3. The van der Waals surface area contributed by atoms with Gasteiger partial charge in [0.15, 0.2) is 5.82 Å². The van der Waals surface area contributed by atoms with Crippen molar-refractivity contribution in [2.45, 2.75) is 27.7 Å². The van der Waals surface area contributed by atoms with E-state index in [-0.39, 0.29) is 11.3 Å². The van der Waals surface area contributed by atoms with Crippen molar-refractivity contribution in [1.29, 1.82) is 0 Å². The van der Waals surface area contributed by atoms with E-state index in [9.17, 15) is 4.79 Å². The van der Waals surface area contributed by atoms with Gasteiger partial charge in [0.25, 0.3) is 5.91 Å². The first-order valence-electron chi connectivity index (χ1n) is 9.17. The molecule has 28 heavy (non-hydrogen) atoms. The predicted octanol–water partition coefficient (Wildman–Crippen LogP) is 5.01. The molecule has 0 saturated carbocycles. The van der Waals surface area contributed by atoms with Crippen LogP contribution in [0.1, 0.15) is 36.8 Å². The summed E-state index contributed by atoms with van der Waals surface area (Å²) in [4.78, 5) is 23.8. The van der Waals surface area contributed by atoms with Gasteiger partial charge in [0.1, 0.15) is 5.69 Å². The fourth-order valence-electron chi connectivity index (χ4n) is 3.38. The van der Waals surface area contributed by atoms with Crippen LogP contribution in [-0.2, 0) is 0 Å². The molecule has 0 radical (unpaired) electrons. The van der Waals surface area contributed by atoms with Crippen LogP contribution in [0.3, 0.4) is 0 Å². The van der Waals surface area contributed by atoms with Crippen LogP contribution in [0.2, 0.25) is 5.02 Å². The van der Waals surface area contributed by atoms with Crippen molar-refractivity contribution in [3.05, 3.63) is 65.3 Å². The molecule has 2 aromatic heterocycles. The van der Waals surface area contributed by atoms with Crippen LogP contribution in [0.4, 0.5) is 0 Å². The van der Waals surface area contributed by atoms with E-state index >= 15 is 0 Å². The minimum absolute atomic E-state index is 0.0101. The molecule has 0 N–H and O–H groups in total. The van der Waals surface area contributed by atoms with Gasteiger partial charge in [-0.2, -0.15) is 0 Å². The fourth-order valence-corrected chi connectivity index (χ4v) is 3.51. The summed E-state index contributed by atoms with van der Waals surface area (Å²) in [6.45, 7) is 8.98. The molecule has 0 aliphatic carbocycles. The zero-order chi connectivity index (χ0) is 20.5. The molecule has 5 nitrogen and oxygen atoms in total. The molecule has 6 heteroatoms. The van der Waals surface area contributed by atoms with E-state index in [4.69, 9.17) is 11.6 Å². The smallest absolute Gasteiger partial charge is 0.271 e. The lowest BCUT2D eigenvalue weighted by molar-refractivity contribution is 0.0738. The third-order valence-electron chi connectivity index (χ3n) is 4.38. The summed E-state index contributed by atoms with van der Waals surface area (Å²) in [5, 5.41) is 0.660. The van der Waals surface area contributed by atoms with Crippen LogP contribution in [0.5, 0.6) is 0 Å². The summed E-state index contributed by atoms with van der Waals surface area (Å²) in [5.74, 6) is 0.553. The molecule has 3 aromatic rings. The largest absolute Gasteiger partial charge is 0.340 e. The van der Waals surface area contributed by atoms with Crippen molar-refractivity contribution in [2.75, 3.05) is 13.6 Å². The Balaban J connectivity index is 2.19. The van der Waals surface area contributed by atoms with Gasteiger partial charge in [0.05, 0.1) is 6.20 Å². The minimum atomic E-state index is -0.0568. The second-order valence-electron chi connectivity index (χ2n) is 8.20. The summed E-state index contributed by atoms with van der Waals surface area (Å²) >= 11 is 6.07. The third kappa shape index (κ3) is 4.25. The highest BCUT2D eigenvalue weighted by molar-refractivity contribution is 6.30. The van der Waals surface area contributed by atoms with Crippen molar-refractivity contribution < 1.29 is 4.79 Å². The molecule has 1 aromatic carbocycles. The second kappa shape index (κ2) is 7.76. The fraction of sp³-hybridized carbons (Fsp3) is 0.318. The van der Waals surface area contributed by atoms with Crippen LogP contribution in [0.15, 0.2) is 49.1 Å². The number of aromatic nitrogens is 3. The van der Waals surface area contributed by atoms with Crippen LogP contribution in [-0.4, -0.2) is 38.9 Å². The van der Waals surface area contributed by atoms with Gasteiger partial charge in [-0.1, -0.05) is 44.5 Å². The van der Waals surface area contributed by atoms with Gasteiger partial charge in [-0.15, -0.1) is 0 Å². The Bertz CT molecular complexity index is 972. The average molecular weight is 397 g/mol. The Morgan fingerprint density at radius 3 is 2.43 bits per heavy atom. The summed E-state index contributed by atoms with van der Waals surface area (Å²) < 4.78 is 1.83. The quantitative estimate of drug-likeness (QED) is 0.622. The van der Waals surface area contributed by atoms with E-state index < -0.39 is 0 Å². The van der Waals surface area contributed by atoms with Crippen LogP contribution in [0, 0.1) is 12.3 Å². The van der Waals surface area contributed by atoms with Gasteiger partial charge >= 0.3 is 0 Å². The highest BCUT2D eigenvalue weighted by atomic mass is 35.5. The molecule has 0 spiro atoms. The lowest BCUT2D eigenvalue weighted by Crippen LogP contribution is -2.35.